The number of methoxy groups -OCH3 is 1. The Kier molecular flexibility index (Phi) is 3.27. The maximum absolute atomic E-state index is 11.4. The van der Waals surface area contributed by atoms with E-state index in [1.165, 1.54) is 7.11 Å². The van der Waals surface area contributed by atoms with Gasteiger partial charge >= 0.3 is 5.97 Å². The molecule has 0 aromatic rings. The predicted molar refractivity (Wildman–Crippen MR) is 46.2 cm³/mol. The van der Waals surface area contributed by atoms with E-state index < -0.39 is 17.7 Å². The SMILES string of the molecule is COC(=O)C1(C(C)O)CCCCO1. The lowest BCUT2D eigenvalue weighted by Crippen LogP contribution is -2.53. The van der Waals surface area contributed by atoms with Gasteiger partial charge in [-0.15, -0.1) is 0 Å². The molecule has 1 N–H and O–H groups in total. The number of carbonyl (C=O) groups is 1. The molecule has 0 saturated carbocycles. The zero-order valence-corrected chi connectivity index (χ0v) is 8.08. The summed E-state index contributed by atoms with van der Waals surface area (Å²) in [5, 5.41) is 9.50. The van der Waals surface area contributed by atoms with Crippen LogP contribution in [0.3, 0.4) is 0 Å². The zero-order valence-electron chi connectivity index (χ0n) is 8.08. The van der Waals surface area contributed by atoms with E-state index >= 15 is 0 Å². The van der Waals surface area contributed by atoms with E-state index in [4.69, 9.17) is 4.74 Å². The van der Waals surface area contributed by atoms with Gasteiger partial charge in [0.15, 0.2) is 5.60 Å². The van der Waals surface area contributed by atoms with Crippen molar-refractivity contribution in [3.05, 3.63) is 0 Å². The maximum Gasteiger partial charge on any atom is 0.340 e. The zero-order chi connectivity index (χ0) is 9.90. The smallest absolute Gasteiger partial charge is 0.340 e. The highest BCUT2D eigenvalue weighted by Crippen LogP contribution is 2.29. The molecule has 13 heavy (non-hydrogen) atoms. The predicted octanol–water partition coefficient (Wildman–Crippen LogP) is 0.479. The highest BCUT2D eigenvalue weighted by Gasteiger charge is 2.46. The van der Waals surface area contributed by atoms with Gasteiger partial charge in [0, 0.05) is 6.61 Å². The highest BCUT2D eigenvalue weighted by atomic mass is 16.6. The third-order valence-corrected chi connectivity index (χ3v) is 2.51. The quantitative estimate of drug-likeness (QED) is 0.640. The number of aliphatic hydroxyl groups excluding tert-OH is 1. The first-order valence-electron chi connectivity index (χ1n) is 4.54. The van der Waals surface area contributed by atoms with E-state index in [-0.39, 0.29) is 0 Å². The van der Waals surface area contributed by atoms with Gasteiger partial charge in [0.1, 0.15) is 0 Å². The first kappa shape index (κ1) is 10.5. The van der Waals surface area contributed by atoms with E-state index in [9.17, 15) is 9.90 Å². The lowest BCUT2D eigenvalue weighted by molar-refractivity contribution is -0.193. The van der Waals surface area contributed by atoms with Crippen molar-refractivity contribution in [1.82, 2.24) is 0 Å². The normalized spacial score (nSPS) is 31.0. The molecule has 4 heteroatoms. The van der Waals surface area contributed by atoms with Crippen LogP contribution < -0.4 is 0 Å². The van der Waals surface area contributed by atoms with Crippen LogP contribution in [0.1, 0.15) is 26.2 Å². The van der Waals surface area contributed by atoms with Crippen LogP contribution in [0.25, 0.3) is 0 Å². The Hall–Kier alpha value is -0.610. The van der Waals surface area contributed by atoms with E-state index in [0.29, 0.717) is 13.0 Å². The first-order valence-corrected chi connectivity index (χ1v) is 4.54. The molecule has 1 aliphatic rings. The Morgan fingerprint density at radius 2 is 2.31 bits per heavy atom. The first-order chi connectivity index (χ1) is 6.13. The number of aliphatic hydroxyl groups is 1. The van der Waals surface area contributed by atoms with Crippen LogP contribution in [0.2, 0.25) is 0 Å². The largest absolute Gasteiger partial charge is 0.467 e. The van der Waals surface area contributed by atoms with E-state index in [0.717, 1.165) is 12.8 Å². The topological polar surface area (TPSA) is 55.8 Å². The number of carbonyl (C=O) groups excluding carboxylic acids is 1. The summed E-state index contributed by atoms with van der Waals surface area (Å²) in [6.45, 7) is 2.07. The van der Waals surface area contributed by atoms with Gasteiger partial charge in [-0.1, -0.05) is 0 Å². The molecule has 1 heterocycles. The van der Waals surface area contributed by atoms with Crippen LogP contribution in [0.4, 0.5) is 0 Å². The summed E-state index contributed by atoms with van der Waals surface area (Å²) < 4.78 is 9.99. The molecule has 2 atom stereocenters. The molecule has 0 aromatic carbocycles. The molecule has 0 bridgehead atoms. The number of hydrogen-bond acceptors (Lipinski definition) is 4. The second kappa shape index (κ2) is 4.07. The molecule has 1 saturated heterocycles. The Balaban J connectivity index is 2.79. The summed E-state index contributed by atoms with van der Waals surface area (Å²) in [7, 11) is 1.31. The second-order valence-corrected chi connectivity index (χ2v) is 3.36. The third-order valence-electron chi connectivity index (χ3n) is 2.51. The van der Waals surface area contributed by atoms with Gasteiger partial charge in [0.05, 0.1) is 13.2 Å². The van der Waals surface area contributed by atoms with Crippen LogP contribution in [0.15, 0.2) is 0 Å². The molecule has 4 nitrogen and oxygen atoms in total. The van der Waals surface area contributed by atoms with Crippen LogP contribution in [-0.4, -0.2) is 36.5 Å². The molecule has 0 radical (unpaired) electrons. The molecule has 1 fully saturated rings. The molecule has 1 aliphatic heterocycles. The minimum atomic E-state index is -1.12. The molecular formula is C9H16O4. The Bertz CT molecular complexity index is 182. The summed E-state index contributed by atoms with van der Waals surface area (Å²) in [4.78, 5) is 11.4. The van der Waals surface area contributed by atoms with Crippen molar-refractivity contribution in [3.63, 3.8) is 0 Å². The summed E-state index contributed by atoms with van der Waals surface area (Å²) in [5.74, 6) is -0.470. The van der Waals surface area contributed by atoms with Crippen molar-refractivity contribution >= 4 is 5.97 Å². The average Bonchev–Trinajstić information content (AvgIpc) is 2.17. The maximum atomic E-state index is 11.4. The second-order valence-electron chi connectivity index (χ2n) is 3.36. The molecule has 2 unspecified atom stereocenters. The van der Waals surface area contributed by atoms with E-state index in [1.807, 2.05) is 0 Å². The summed E-state index contributed by atoms with van der Waals surface area (Å²) >= 11 is 0. The number of rotatable bonds is 2. The lowest BCUT2D eigenvalue weighted by Gasteiger charge is -2.36. The fourth-order valence-electron chi connectivity index (χ4n) is 1.65. The highest BCUT2D eigenvalue weighted by molar-refractivity contribution is 5.80. The van der Waals surface area contributed by atoms with Gasteiger partial charge in [-0.3, -0.25) is 0 Å². The fourth-order valence-corrected chi connectivity index (χ4v) is 1.65. The van der Waals surface area contributed by atoms with Gasteiger partial charge in [-0.25, -0.2) is 4.79 Å². The summed E-state index contributed by atoms with van der Waals surface area (Å²) in [6, 6.07) is 0. The Morgan fingerprint density at radius 1 is 1.62 bits per heavy atom. The molecular weight excluding hydrogens is 172 g/mol. The summed E-state index contributed by atoms with van der Waals surface area (Å²) in [6.07, 6.45) is 1.54. The van der Waals surface area contributed by atoms with Crippen molar-refractivity contribution in [2.24, 2.45) is 0 Å². The van der Waals surface area contributed by atoms with E-state index in [2.05, 4.69) is 4.74 Å². The van der Waals surface area contributed by atoms with Crippen molar-refractivity contribution in [1.29, 1.82) is 0 Å². The van der Waals surface area contributed by atoms with Crippen LogP contribution >= 0.6 is 0 Å². The van der Waals surface area contributed by atoms with Crippen molar-refractivity contribution in [2.75, 3.05) is 13.7 Å². The number of hydrogen-bond donors (Lipinski definition) is 1. The van der Waals surface area contributed by atoms with Crippen LogP contribution in [0.5, 0.6) is 0 Å². The van der Waals surface area contributed by atoms with Gasteiger partial charge in [0.25, 0.3) is 0 Å². The average molecular weight is 188 g/mol. The monoisotopic (exact) mass is 188 g/mol. The lowest BCUT2D eigenvalue weighted by atomic mass is 9.89. The van der Waals surface area contributed by atoms with Gasteiger partial charge < -0.3 is 14.6 Å². The molecule has 76 valence electrons. The van der Waals surface area contributed by atoms with Crippen LogP contribution in [-0.2, 0) is 14.3 Å². The molecule has 0 aliphatic carbocycles. The Morgan fingerprint density at radius 3 is 2.69 bits per heavy atom. The van der Waals surface area contributed by atoms with E-state index in [1.54, 1.807) is 6.92 Å². The third kappa shape index (κ3) is 1.84. The minimum absolute atomic E-state index is 0.470. The molecule has 0 aromatic heterocycles. The minimum Gasteiger partial charge on any atom is -0.467 e. The van der Waals surface area contributed by atoms with Crippen molar-refractivity contribution in [3.8, 4) is 0 Å². The molecule has 0 amide bonds. The van der Waals surface area contributed by atoms with Crippen molar-refractivity contribution in [2.45, 2.75) is 37.9 Å². The van der Waals surface area contributed by atoms with Gasteiger partial charge in [0.2, 0.25) is 0 Å². The molecule has 1 rings (SSSR count). The van der Waals surface area contributed by atoms with Crippen molar-refractivity contribution < 1.29 is 19.4 Å². The van der Waals surface area contributed by atoms with Gasteiger partial charge in [-0.2, -0.15) is 0 Å². The Labute approximate surface area is 77.8 Å². The standard InChI is InChI=1S/C9H16O4/c1-7(10)9(8(11)12-2)5-3-4-6-13-9/h7,10H,3-6H2,1-2H3. The number of ether oxygens (including phenoxy) is 2. The van der Waals surface area contributed by atoms with Crippen LogP contribution in [0, 0.1) is 0 Å². The molecule has 0 spiro atoms. The number of esters is 1. The fraction of sp³-hybridized carbons (Fsp3) is 0.889. The summed E-state index contributed by atoms with van der Waals surface area (Å²) in [5.41, 5.74) is -1.12. The van der Waals surface area contributed by atoms with Gasteiger partial charge in [-0.05, 0) is 26.2 Å².